The summed E-state index contributed by atoms with van der Waals surface area (Å²) in [6, 6.07) is 0. The van der Waals surface area contributed by atoms with Crippen molar-refractivity contribution < 1.29 is 9.63 Å². The molecule has 92 valence electrons. The molecule has 1 rings (SSSR count). The quantitative estimate of drug-likeness (QED) is 0.503. The van der Waals surface area contributed by atoms with Crippen LogP contribution in [-0.2, 0) is 4.79 Å². The Kier molecular flexibility index (Phi) is 3.80. The number of H-pyrrole nitrogens is 2. The lowest BCUT2D eigenvalue weighted by molar-refractivity contribution is -0.139. The largest absolute Gasteiger partial charge is 0.367 e. The molecule has 0 radical (unpaired) electrons. The van der Waals surface area contributed by atoms with Gasteiger partial charge in [0.05, 0.1) is 5.31 Å². The number of nitrogens with one attached hydrogen (secondary N) is 2. The first-order valence-electron chi connectivity index (χ1n) is 4.37. The first kappa shape index (κ1) is 13.1. The highest BCUT2D eigenvalue weighted by molar-refractivity contribution is 7.61. The van der Waals surface area contributed by atoms with Crippen LogP contribution in [0.2, 0.25) is 0 Å². The maximum atomic E-state index is 11.4. The Labute approximate surface area is 95.6 Å². The Morgan fingerprint density at radius 1 is 1.24 bits per heavy atom. The number of hydrogen-bond donors (Lipinski definition) is 2. The van der Waals surface area contributed by atoms with Crippen LogP contribution < -0.4 is 21.9 Å². The molecule has 0 aromatic carbocycles. The molecule has 0 amide bonds. The van der Waals surface area contributed by atoms with E-state index in [0.29, 0.717) is 0 Å². The minimum Gasteiger partial charge on any atom is -0.322 e. The highest BCUT2D eigenvalue weighted by Crippen LogP contribution is 2.34. The Balaban J connectivity index is 3.10. The lowest BCUT2D eigenvalue weighted by Gasteiger charge is -2.08. The van der Waals surface area contributed by atoms with Crippen LogP contribution in [0.15, 0.2) is 26.3 Å². The average Bonchev–Trinajstić information content (AvgIpc) is 2.21. The van der Waals surface area contributed by atoms with Crippen molar-refractivity contribution in [2.45, 2.75) is 0 Å². The van der Waals surface area contributed by atoms with Gasteiger partial charge in [-0.05, 0) is 13.3 Å². The third-order valence-electron chi connectivity index (χ3n) is 1.76. The van der Waals surface area contributed by atoms with Crippen LogP contribution in [0.4, 0.5) is 0 Å². The van der Waals surface area contributed by atoms with E-state index in [0.717, 1.165) is 0 Å². The molecule has 0 aliphatic carbocycles. The second-order valence-corrected chi connectivity index (χ2v) is 5.53. The Morgan fingerprint density at radius 2 is 1.71 bits per heavy atom. The summed E-state index contributed by atoms with van der Waals surface area (Å²) in [4.78, 5) is 52.5. The fourth-order valence-electron chi connectivity index (χ4n) is 0.820. The molecule has 2 N–H and O–H groups in total. The van der Waals surface area contributed by atoms with E-state index in [4.69, 9.17) is 0 Å². The van der Waals surface area contributed by atoms with E-state index in [2.05, 4.69) is 11.4 Å². The van der Waals surface area contributed by atoms with Crippen molar-refractivity contribution in [1.82, 2.24) is 14.7 Å². The molecule has 1 aromatic rings. The van der Waals surface area contributed by atoms with Gasteiger partial charge in [0.15, 0.2) is 0 Å². The molecule has 1 aromatic heterocycles. The van der Waals surface area contributed by atoms with Crippen LogP contribution >= 0.6 is 7.92 Å². The summed E-state index contributed by atoms with van der Waals surface area (Å²) in [6.45, 7) is 7.01. The molecule has 0 unspecified atom stereocenters. The Bertz CT molecular complexity index is 589. The van der Waals surface area contributed by atoms with Gasteiger partial charge in [0.2, 0.25) is 0 Å². The van der Waals surface area contributed by atoms with Crippen molar-refractivity contribution in [2.24, 2.45) is 0 Å². The summed E-state index contributed by atoms with van der Waals surface area (Å²) in [7, 11) is -0.791. The highest BCUT2D eigenvalue weighted by Gasteiger charge is 2.15. The van der Waals surface area contributed by atoms with E-state index in [1.54, 1.807) is 23.3 Å². The number of carbonyl (C=O) groups excluding carboxylic acids is 1. The van der Waals surface area contributed by atoms with Crippen LogP contribution in [0.25, 0.3) is 0 Å². The van der Waals surface area contributed by atoms with E-state index in [1.165, 1.54) is 0 Å². The van der Waals surface area contributed by atoms with E-state index < -0.39 is 31.0 Å². The molecule has 9 heteroatoms. The number of nitrogens with zero attached hydrogens (tertiary/aromatic N) is 1. The molecule has 17 heavy (non-hydrogen) atoms. The van der Waals surface area contributed by atoms with E-state index >= 15 is 0 Å². The van der Waals surface area contributed by atoms with Crippen molar-refractivity contribution in [1.29, 1.82) is 0 Å². The standard InChI is InChI=1S/C8H10N3O5P/c1-4(17(2)3)5(12)16-11-7(14)9-6(13)10-8(11)15/h1H2,2-3H3,(H2,9,10,13,14,15). The van der Waals surface area contributed by atoms with Gasteiger partial charge < -0.3 is 4.84 Å². The third-order valence-corrected chi connectivity index (χ3v) is 3.02. The molecule has 8 nitrogen and oxygen atoms in total. The number of hydrogen-bond acceptors (Lipinski definition) is 5. The molecule has 0 aliphatic heterocycles. The lowest BCUT2D eigenvalue weighted by Crippen LogP contribution is -2.47. The number of carbonyl (C=O) groups is 1. The molecule has 0 saturated heterocycles. The molecule has 0 aliphatic rings. The van der Waals surface area contributed by atoms with Crippen LogP contribution in [0.5, 0.6) is 0 Å². The summed E-state index contributed by atoms with van der Waals surface area (Å²) >= 11 is 0. The zero-order chi connectivity index (χ0) is 13.2. The fraction of sp³-hybridized carbons (Fsp3) is 0.250. The summed E-state index contributed by atoms with van der Waals surface area (Å²) in [5.74, 6) is -0.888. The predicted octanol–water partition coefficient (Wildman–Crippen LogP) is -1.56. The number of rotatable bonds is 3. The van der Waals surface area contributed by atoms with Crippen LogP contribution in [0, 0.1) is 0 Å². The van der Waals surface area contributed by atoms with Gasteiger partial charge in [-0.15, -0.1) is 0 Å². The molecular weight excluding hydrogens is 249 g/mol. The molecule has 0 fully saturated rings. The third kappa shape index (κ3) is 3.01. The molecule has 0 atom stereocenters. The molecule has 0 spiro atoms. The molecule has 0 saturated carbocycles. The van der Waals surface area contributed by atoms with Crippen LogP contribution in [0.1, 0.15) is 0 Å². The maximum absolute atomic E-state index is 11.4. The van der Waals surface area contributed by atoms with Crippen molar-refractivity contribution in [3.63, 3.8) is 0 Å². The Morgan fingerprint density at radius 3 is 2.12 bits per heavy atom. The second kappa shape index (κ2) is 4.92. The number of aromatic amines is 2. The van der Waals surface area contributed by atoms with Gasteiger partial charge in [-0.3, -0.25) is 9.97 Å². The smallest absolute Gasteiger partial charge is 0.322 e. The highest BCUT2D eigenvalue weighted by atomic mass is 31.1. The van der Waals surface area contributed by atoms with Crippen molar-refractivity contribution in [3.8, 4) is 0 Å². The van der Waals surface area contributed by atoms with Gasteiger partial charge >= 0.3 is 23.0 Å². The molecular formula is C8H10N3O5P. The summed E-state index contributed by atoms with van der Waals surface area (Å²) < 4.78 is 0.133. The maximum Gasteiger partial charge on any atom is 0.367 e. The van der Waals surface area contributed by atoms with Crippen LogP contribution in [0.3, 0.4) is 0 Å². The minimum absolute atomic E-state index is 0.133. The normalized spacial score (nSPS) is 10.3. The van der Waals surface area contributed by atoms with Gasteiger partial charge in [-0.2, -0.15) is 0 Å². The average molecular weight is 259 g/mol. The van der Waals surface area contributed by atoms with Crippen molar-refractivity contribution in [2.75, 3.05) is 13.3 Å². The topological polar surface area (TPSA) is 114 Å². The first-order valence-corrected chi connectivity index (χ1v) is 6.61. The lowest BCUT2D eigenvalue weighted by atomic mass is 10.6. The van der Waals surface area contributed by atoms with E-state index in [-0.39, 0.29) is 10.0 Å². The second-order valence-electron chi connectivity index (χ2n) is 3.20. The predicted molar refractivity (Wildman–Crippen MR) is 61.4 cm³/mol. The first-order chi connectivity index (χ1) is 7.82. The Hall–Kier alpha value is -1.95. The number of aromatic nitrogens is 3. The molecule has 1 heterocycles. The van der Waals surface area contributed by atoms with E-state index in [1.807, 2.05) is 0 Å². The summed E-state index contributed by atoms with van der Waals surface area (Å²) in [6.07, 6.45) is 0. The minimum atomic E-state index is -1.13. The van der Waals surface area contributed by atoms with Gasteiger partial charge in [0.25, 0.3) is 0 Å². The zero-order valence-corrected chi connectivity index (χ0v) is 10.0. The van der Waals surface area contributed by atoms with E-state index in [9.17, 15) is 19.2 Å². The van der Waals surface area contributed by atoms with Gasteiger partial charge in [-0.1, -0.05) is 19.2 Å². The fourth-order valence-corrected chi connectivity index (χ4v) is 1.23. The zero-order valence-electron chi connectivity index (χ0n) is 9.14. The van der Waals surface area contributed by atoms with Crippen LogP contribution in [-0.4, -0.2) is 34.0 Å². The van der Waals surface area contributed by atoms with Crippen molar-refractivity contribution in [3.05, 3.63) is 43.3 Å². The monoisotopic (exact) mass is 259 g/mol. The van der Waals surface area contributed by atoms with Crippen molar-refractivity contribution >= 4 is 13.9 Å². The SMILES string of the molecule is C=C(C(=O)On1c(=O)[nH]c(=O)[nH]c1=O)P(C)C. The van der Waals surface area contributed by atoms with Gasteiger partial charge in [0.1, 0.15) is 0 Å². The van der Waals surface area contributed by atoms with Gasteiger partial charge in [0, 0.05) is 0 Å². The summed E-state index contributed by atoms with van der Waals surface area (Å²) in [5.41, 5.74) is -3.23. The summed E-state index contributed by atoms with van der Waals surface area (Å²) in [5, 5.41) is 0.164. The van der Waals surface area contributed by atoms with Gasteiger partial charge in [-0.25, -0.2) is 19.2 Å². The molecule has 0 bridgehead atoms.